The first-order valence-corrected chi connectivity index (χ1v) is 5.06. The summed E-state index contributed by atoms with van der Waals surface area (Å²) in [5.41, 5.74) is 0. The minimum Gasteiger partial charge on any atom is -0.369 e. The van der Waals surface area contributed by atoms with Crippen molar-refractivity contribution in [2.75, 3.05) is 6.61 Å². The molecular weight excluding hydrogens is 176 g/mol. The fourth-order valence-electron chi connectivity index (χ4n) is 1.66. The molecule has 3 rings (SSSR count). The van der Waals surface area contributed by atoms with Gasteiger partial charge in [0.1, 0.15) is 25.0 Å². The molecule has 1 aromatic rings. The van der Waals surface area contributed by atoms with Crippen molar-refractivity contribution in [3.05, 3.63) is 26.1 Å². The van der Waals surface area contributed by atoms with Crippen molar-refractivity contribution in [2.24, 2.45) is 5.92 Å². The molecule has 1 saturated carbocycles. The van der Waals surface area contributed by atoms with E-state index in [1.54, 1.807) is 0 Å². The topological polar surface area (TPSA) is 21.3 Å². The predicted octanol–water partition coefficient (Wildman–Crippen LogP) is 1.03. The zero-order valence-electron chi connectivity index (χ0n) is 8.72. The number of ether oxygens (including phenoxy) is 1. The Morgan fingerprint density at radius 3 is 2.86 bits per heavy atom. The standard InChI is InChI=1S/C10H15N2O.CH3/c1-2-9(1)5-11-3-4-12(8-11)6-10-7-13-10;/h3-4,8-10H,1-2,5-7H2;1H3/q+1;-1. The van der Waals surface area contributed by atoms with Crippen molar-refractivity contribution in [3.63, 3.8) is 0 Å². The van der Waals surface area contributed by atoms with Gasteiger partial charge in [0.25, 0.3) is 0 Å². The van der Waals surface area contributed by atoms with Gasteiger partial charge in [-0.3, -0.25) is 0 Å². The van der Waals surface area contributed by atoms with Crippen LogP contribution in [-0.2, 0) is 17.8 Å². The molecule has 2 heterocycles. The summed E-state index contributed by atoms with van der Waals surface area (Å²) in [6.45, 7) is 3.18. The summed E-state index contributed by atoms with van der Waals surface area (Å²) in [7, 11) is 0. The summed E-state index contributed by atoms with van der Waals surface area (Å²) in [4.78, 5) is 0. The third-order valence-corrected chi connectivity index (χ3v) is 2.73. The van der Waals surface area contributed by atoms with Gasteiger partial charge in [0.05, 0.1) is 13.2 Å². The highest BCUT2D eigenvalue weighted by atomic mass is 16.6. The van der Waals surface area contributed by atoms with Gasteiger partial charge in [-0.15, -0.1) is 0 Å². The molecule has 2 fully saturated rings. The molecule has 0 aromatic carbocycles. The monoisotopic (exact) mass is 194 g/mol. The van der Waals surface area contributed by atoms with E-state index in [1.807, 2.05) is 0 Å². The lowest BCUT2D eigenvalue weighted by Crippen LogP contribution is -2.32. The molecule has 0 bridgehead atoms. The fraction of sp³-hybridized carbons (Fsp3) is 0.636. The van der Waals surface area contributed by atoms with Gasteiger partial charge in [-0.05, 0) is 18.8 Å². The molecule has 78 valence electrons. The zero-order valence-corrected chi connectivity index (χ0v) is 8.72. The summed E-state index contributed by atoms with van der Waals surface area (Å²) in [5.74, 6) is 0.957. The zero-order chi connectivity index (χ0) is 8.67. The summed E-state index contributed by atoms with van der Waals surface area (Å²) in [5, 5.41) is 0. The van der Waals surface area contributed by atoms with Gasteiger partial charge in [0.15, 0.2) is 0 Å². The lowest BCUT2D eigenvalue weighted by Gasteiger charge is -1.91. The second kappa shape index (κ2) is 3.73. The molecule has 1 aromatic heterocycles. The molecule has 0 amide bonds. The maximum atomic E-state index is 5.19. The maximum absolute atomic E-state index is 5.19. The summed E-state index contributed by atoms with van der Waals surface area (Å²) in [6, 6.07) is 0. The second-order valence-electron chi connectivity index (χ2n) is 4.21. The van der Waals surface area contributed by atoms with Crippen molar-refractivity contribution in [3.8, 4) is 0 Å². The van der Waals surface area contributed by atoms with E-state index >= 15 is 0 Å². The van der Waals surface area contributed by atoms with Gasteiger partial charge in [0.2, 0.25) is 6.33 Å². The number of imidazole rings is 1. The predicted molar refractivity (Wildman–Crippen MR) is 53.5 cm³/mol. The highest BCUT2D eigenvalue weighted by molar-refractivity contribution is 4.75. The van der Waals surface area contributed by atoms with Crippen LogP contribution in [0.15, 0.2) is 18.7 Å². The number of hydrogen-bond acceptors (Lipinski definition) is 1. The van der Waals surface area contributed by atoms with Gasteiger partial charge in [-0.25, -0.2) is 9.13 Å². The van der Waals surface area contributed by atoms with E-state index in [4.69, 9.17) is 4.74 Å². The first kappa shape index (κ1) is 9.71. The Bertz CT molecular complexity index is 271. The molecular formula is C11H18N2O. The van der Waals surface area contributed by atoms with Gasteiger partial charge >= 0.3 is 0 Å². The van der Waals surface area contributed by atoms with Gasteiger partial charge in [-0.2, -0.15) is 0 Å². The normalized spacial score (nSPS) is 24.4. The van der Waals surface area contributed by atoms with E-state index in [0.717, 1.165) is 19.1 Å². The van der Waals surface area contributed by atoms with E-state index in [0.29, 0.717) is 6.10 Å². The average molecular weight is 194 g/mol. The van der Waals surface area contributed by atoms with Crippen molar-refractivity contribution >= 4 is 0 Å². The van der Waals surface area contributed by atoms with Crippen LogP contribution in [0.3, 0.4) is 0 Å². The minimum absolute atomic E-state index is 0. The SMILES string of the molecule is [CH3-].c1c[n+](CC2CC2)cn1CC1CO1. The molecule has 1 atom stereocenters. The molecule has 2 aliphatic rings. The molecule has 3 nitrogen and oxygen atoms in total. The van der Waals surface area contributed by atoms with E-state index in [-0.39, 0.29) is 7.43 Å². The average Bonchev–Trinajstić information content (AvgIpc) is 2.96. The van der Waals surface area contributed by atoms with Crippen LogP contribution in [0.5, 0.6) is 0 Å². The molecule has 0 N–H and O–H groups in total. The Balaban J connectivity index is 0.000000750. The van der Waals surface area contributed by atoms with Gasteiger partial charge in [0, 0.05) is 0 Å². The molecule has 1 saturated heterocycles. The van der Waals surface area contributed by atoms with Crippen LogP contribution in [0.2, 0.25) is 0 Å². The van der Waals surface area contributed by atoms with E-state index in [9.17, 15) is 0 Å². The van der Waals surface area contributed by atoms with Crippen molar-refractivity contribution in [1.29, 1.82) is 0 Å². The number of nitrogens with zero attached hydrogens (tertiary/aromatic N) is 2. The van der Waals surface area contributed by atoms with Crippen LogP contribution in [0, 0.1) is 13.3 Å². The lowest BCUT2D eigenvalue weighted by molar-refractivity contribution is -0.699. The Morgan fingerprint density at radius 2 is 2.21 bits per heavy atom. The molecule has 14 heavy (non-hydrogen) atoms. The number of hydrogen-bond donors (Lipinski definition) is 0. The lowest BCUT2D eigenvalue weighted by atomic mass is 10.4. The van der Waals surface area contributed by atoms with Gasteiger partial charge in [-0.1, -0.05) is 0 Å². The van der Waals surface area contributed by atoms with E-state index in [2.05, 4.69) is 27.9 Å². The summed E-state index contributed by atoms with van der Waals surface area (Å²) >= 11 is 0. The van der Waals surface area contributed by atoms with Crippen molar-refractivity contribution < 1.29 is 9.30 Å². The maximum Gasteiger partial charge on any atom is 0.243 e. The first-order chi connectivity index (χ1) is 6.40. The minimum atomic E-state index is 0. The smallest absolute Gasteiger partial charge is 0.243 e. The molecule has 1 unspecified atom stereocenters. The first-order valence-electron chi connectivity index (χ1n) is 5.06. The molecule has 3 heteroatoms. The summed E-state index contributed by atoms with van der Waals surface area (Å²) in [6.07, 6.45) is 9.83. The van der Waals surface area contributed by atoms with Crippen LogP contribution in [0.1, 0.15) is 12.8 Å². The Kier molecular flexibility index (Phi) is 2.59. The Morgan fingerprint density at radius 1 is 1.43 bits per heavy atom. The number of rotatable bonds is 4. The Labute approximate surface area is 85.3 Å². The quantitative estimate of drug-likeness (QED) is 0.398. The largest absolute Gasteiger partial charge is 0.369 e. The molecule has 0 radical (unpaired) electrons. The van der Waals surface area contributed by atoms with Gasteiger partial charge < -0.3 is 12.2 Å². The molecule has 0 spiro atoms. The number of aromatic nitrogens is 2. The van der Waals surface area contributed by atoms with E-state index in [1.165, 1.54) is 19.4 Å². The van der Waals surface area contributed by atoms with Crippen LogP contribution >= 0.6 is 0 Å². The van der Waals surface area contributed by atoms with Crippen molar-refractivity contribution in [2.45, 2.75) is 32.0 Å². The third-order valence-electron chi connectivity index (χ3n) is 2.73. The molecule has 1 aliphatic heterocycles. The number of epoxide rings is 1. The van der Waals surface area contributed by atoms with Crippen LogP contribution in [0.25, 0.3) is 0 Å². The van der Waals surface area contributed by atoms with Crippen molar-refractivity contribution in [1.82, 2.24) is 4.57 Å². The van der Waals surface area contributed by atoms with Crippen LogP contribution < -0.4 is 4.57 Å². The Hall–Kier alpha value is -0.830. The van der Waals surface area contributed by atoms with Crippen LogP contribution in [-0.4, -0.2) is 17.3 Å². The second-order valence-corrected chi connectivity index (χ2v) is 4.21. The summed E-state index contributed by atoms with van der Waals surface area (Å²) < 4.78 is 9.70. The fourth-order valence-corrected chi connectivity index (χ4v) is 1.66. The molecule has 1 aliphatic carbocycles. The third kappa shape index (κ3) is 2.35. The van der Waals surface area contributed by atoms with Crippen LogP contribution in [0.4, 0.5) is 0 Å². The highest BCUT2D eigenvalue weighted by Gasteiger charge is 2.27. The highest BCUT2D eigenvalue weighted by Crippen LogP contribution is 2.28. The van der Waals surface area contributed by atoms with E-state index < -0.39 is 0 Å².